The SMILES string of the molecule is CCCCc1ccc(C(=CC(=O)OCC)CC)cc1. The van der Waals surface area contributed by atoms with E-state index in [1.807, 2.05) is 6.92 Å². The maximum atomic E-state index is 11.5. The molecule has 0 unspecified atom stereocenters. The van der Waals surface area contributed by atoms with Gasteiger partial charge in [0.1, 0.15) is 0 Å². The molecule has 2 nitrogen and oxygen atoms in total. The summed E-state index contributed by atoms with van der Waals surface area (Å²) in [5.74, 6) is -0.255. The fraction of sp³-hybridized carbons (Fsp3) is 0.471. The number of esters is 1. The van der Waals surface area contributed by atoms with Gasteiger partial charge in [0.2, 0.25) is 0 Å². The van der Waals surface area contributed by atoms with Crippen molar-refractivity contribution < 1.29 is 9.53 Å². The first-order valence-electron chi connectivity index (χ1n) is 7.17. The average Bonchev–Trinajstić information content (AvgIpc) is 2.43. The minimum atomic E-state index is -0.255. The maximum Gasteiger partial charge on any atom is 0.331 e. The van der Waals surface area contributed by atoms with Gasteiger partial charge in [0, 0.05) is 6.08 Å². The van der Waals surface area contributed by atoms with E-state index in [0.717, 1.165) is 24.0 Å². The van der Waals surface area contributed by atoms with Gasteiger partial charge in [-0.1, -0.05) is 44.5 Å². The van der Waals surface area contributed by atoms with Gasteiger partial charge in [-0.2, -0.15) is 0 Å². The smallest absolute Gasteiger partial charge is 0.331 e. The predicted octanol–water partition coefficient (Wildman–Crippen LogP) is 4.39. The van der Waals surface area contributed by atoms with Crippen LogP contribution in [0.25, 0.3) is 5.57 Å². The molecule has 0 aliphatic carbocycles. The van der Waals surface area contributed by atoms with Crippen molar-refractivity contribution in [3.8, 4) is 0 Å². The van der Waals surface area contributed by atoms with Crippen molar-refractivity contribution in [2.75, 3.05) is 6.61 Å². The van der Waals surface area contributed by atoms with Gasteiger partial charge in [-0.05, 0) is 42.9 Å². The van der Waals surface area contributed by atoms with E-state index in [-0.39, 0.29) is 5.97 Å². The van der Waals surface area contributed by atoms with Gasteiger partial charge >= 0.3 is 5.97 Å². The summed E-state index contributed by atoms with van der Waals surface area (Å²) in [5.41, 5.74) is 3.49. The van der Waals surface area contributed by atoms with Crippen molar-refractivity contribution in [2.45, 2.75) is 46.5 Å². The molecule has 0 amide bonds. The van der Waals surface area contributed by atoms with Crippen molar-refractivity contribution in [1.82, 2.24) is 0 Å². The van der Waals surface area contributed by atoms with Crippen LogP contribution in [-0.4, -0.2) is 12.6 Å². The van der Waals surface area contributed by atoms with Gasteiger partial charge < -0.3 is 4.74 Å². The molecule has 0 saturated carbocycles. The number of hydrogen-bond donors (Lipinski definition) is 0. The number of benzene rings is 1. The molecule has 1 aromatic rings. The second-order valence-electron chi connectivity index (χ2n) is 4.58. The van der Waals surface area contributed by atoms with Crippen LogP contribution in [-0.2, 0) is 16.0 Å². The Morgan fingerprint density at radius 1 is 1.16 bits per heavy atom. The third-order valence-electron chi connectivity index (χ3n) is 3.10. The fourth-order valence-electron chi connectivity index (χ4n) is 1.98. The molecule has 0 aliphatic rings. The first-order valence-corrected chi connectivity index (χ1v) is 7.17. The average molecular weight is 260 g/mol. The minimum absolute atomic E-state index is 0.255. The lowest BCUT2D eigenvalue weighted by molar-refractivity contribution is -0.137. The summed E-state index contributed by atoms with van der Waals surface area (Å²) in [6, 6.07) is 8.50. The largest absolute Gasteiger partial charge is 0.463 e. The molecule has 0 heterocycles. The normalized spacial score (nSPS) is 11.4. The quantitative estimate of drug-likeness (QED) is 0.537. The number of carbonyl (C=O) groups excluding carboxylic acids is 1. The highest BCUT2D eigenvalue weighted by atomic mass is 16.5. The Labute approximate surface area is 116 Å². The zero-order chi connectivity index (χ0) is 14.1. The van der Waals surface area contributed by atoms with Crippen LogP contribution in [0.2, 0.25) is 0 Å². The zero-order valence-corrected chi connectivity index (χ0v) is 12.2. The molecule has 19 heavy (non-hydrogen) atoms. The summed E-state index contributed by atoms with van der Waals surface area (Å²) in [4.78, 5) is 11.5. The summed E-state index contributed by atoms with van der Waals surface area (Å²) >= 11 is 0. The van der Waals surface area contributed by atoms with E-state index in [1.54, 1.807) is 6.08 Å². The summed E-state index contributed by atoms with van der Waals surface area (Å²) in [5, 5.41) is 0. The van der Waals surface area contributed by atoms with Gasteiger partial charge in [-0.3, -0.25) is 0 Å². The summed E-state index contributed by atoms with van der Waals surface area (Å²) in [7, 11) is 0. The first kappa shape index (κ1) is 15.5. The first-order chi connectivity index (χ1) is 9.21. The molecule has 0 bridgehead atoms. The van der Waals surface area contributed by atoms with Crippen LogP contribution in [0.5, 0.6) is 0 Å². The Bertz CT molecular complexity index is 415. The van der Waals surface area contributed by atoms with E-state index in [0.29, 0.717) is 6.61 Å². The van der Waals surface area contributed by atoms with Crippen molar-refractivity contribution in [3.05, 3.63) is 41.5 Å². The lowest BCUT2D eigenvalue weighted by atomic mass is 10.00. The van der Waals surface area contributed by atoms with Crippen LogP contribution >= 0.6 is 0 Å². The highest BCUT2D eigenvalue weighted by molar-refractivity contribution is 5.91. The van der Waals surface area contributed by atoms with Crippen LogP contribution in [0.4, 0.5) is 0 Å². The van der Waals surface area contributed by atoms with E-state index in [9.17, 15) is 4.79 Å². The highest BCUT2D eigenvalue weighted by Gasteiger charge is 2.04. The van der Waals surface area contributed by atoms with Gasteiger partial charge in [0.25, 0.3) is 0 Å². The summed E-state index contributed by atoms with van der Waals surface area (Å²) < 4.78 is 4.96. The van der Waals surface area contributed by atoms with Crippen molar-refractivity contribution in [1.29, 1.82) is 0 Å². The Hall–Kier alpha value is -1.57. The van der Waals surface area contributed by atoms with Crippen molar-refractivity contribution >= 4 is 11.5 Å². The second kappa shape index (κ2) is 8.52. The third kappa shape index (κ3) is 5.29. The van der Waals surface area contributed by atoms with Crippen LogP contribution < -0.4 is 0 Å². The maximum absolute atomic E-state index is 11.5. The van der Waals surface area contributed by atoms with Gasteiger partial charge in [0.05, 0.1) is 6.61 Å². The van der Waals surface area contributed by atoms with Crippen molar-refractivity contribution in [2.24, 2.45) is 0 Å². The third-order valence-corrected chi connectivity index (χ3v) is 3.10. The highest BCUT2D eigenvalue weighted by Crippen LogP contribution is 2.19. The summed E-state index contributed by atoms with van der Waals surface area (Å²) in [6.45, 7) is 6.49. The molecule has 0 aromatic heterocycles. The van der Waals surface area contributed by atoms with Gasteiger partial charge in [-0.15, -0.1) is 0 Å². The molecule has 0 N–H and O–H groups in total. The number of rotatable bonds is 7. The Morgan fingerprint density at radius 3 is 2.37 bits per heavy atom. The second-order valence-corrected chi connectivity index (χ2v) is 4.58. The monoisotopic (exact) mass is 260 g/mol. The molecule has 2 heteroatoms. The van der Waals surface area contributed by atoms with Gasteiger partial charge in [-0.25, -0.2) is 4.79 Å². The molecule has 0 saturated heterocycles. The number of allylic oxidation sites excluding steroid dienone is 1. The fourth-order valence-corrected chi connectivity index (χ4v) is 1.98. The molecular formula is C17H24O2. The molecule has 0 aliphatic heterocycles. The number of ether oxygens (including phenoxy) is 1. The minimum Gasteiger partial charge on any atom is -0.463 e. The molecule has 0 atom stereocenters. The topological polar surface area (TPSA) is 26.3 Å². The molecule has 1 aromatic carbocycles. The molecule has 0 fully saturated rings. The van der Waals surface area contributed by atoms with E-state index in [2.05, 4.69) is 38.1 Å². The van der Waals surface area contributed by atoms with E-state index >= 15 is 0 Å². The van der Waals surface area contributed by atoms with Crippen molar-refractivity contribution in [3.63, 3.8) is 0 Å². The molecule has 1 rings (SSSR count). The number of hydrogen-bond acceptors (Lipinski definition) is 2. The Kier molecular flexibility index (Phi) is 6.94. The van der Waals surface area contributed by atoms with E-state index in [1.165, 1.54) is 18.4 Å². The molecule has 0 spiro atoms. The Balaban J connectivity index is 2.79. The molecular weight excluding hydrogens is 236 g/mol. The molecule has 104 valence electrons. The Morgan fingerprint density at radius 2 is 1.84 bits per heavy atom. The number of aryl methyl sites for hydroxylation is 1. The number of carbonyl (C=O) groups is 1. The molecule has 0 radical (unpaired) electrons. The summed E-state index contributed by atoms with van der Waals surface area (Å²) in [6.07, 6.45) is 5.99. The zero-order valence-electron chi connectivity index (χ0n) is 12.2. The van der Waals surface area contributed by atoms with Crippen LogP contribution in [0, 0.1) is 0 Å². The lowest BCUT2D eigenvalue weighted by Crippen LogP contribution is -2.01. The van der Waals surface area contributed by atoms with Gasteiger partial charge in [0.15, 0.2) is 0 Å². The van der Waals surface area contributed by atoms with Crippen LogP contribution in [0.1, 0.15) is 51.2 Å². The lowest BCUT2D eigenvalue weighted by Gasteiger charge is -2.07. The predicted molar refractivity (Wildman–Crippen MR) is 80.0 cm³/mol. The van der Waals surface area contributed by atoms with Crippen LogP contribution in [0.3, 0.4) is 0 Å². The van der Waals surface area contributed by atoms with E-state index < -0.39 is 0 Å². The van der Waals surface area contributed by atoms with E-state index in [4.69, 9.17) is 4.74 Å². The number of unbranched alkanes of at least 4 members (excludes halogenated alkanes) is 1. The van der Waals surface area contributed by atoms with Crippen LogP contribution in [0.15, 0.2) is 30.3 Å². The standard InChI is InChI=1S/C17H24O2/c1-4-7-8-14-9-11-16(12-10-14)15(5-2)13-17(18)19-6-3/h9-13H,4-8H2,1-3H3.